The maximum atomic E-state index is 13.3. The minimum atomic E-state index is -2.53. The third-order valence-corrected chi connectivity index (χ3v) is 7.39. The second kappa shape index (κ2) is 8.21. The van der Waals surface area contributed by atoms with Gasteiger partial charge in [-0.05, 0) is 74.2 Å². The van der Waals surface area contributed by atoms with Gasteiger partial charge < -0.3 is 15.1 Å². The molecule has 30 heavy (non-hydrogen) atoms. The Morgan fingerprint density at radius 2 is 1.73 bits per heavy atom. The molecule has 1 aliphatic carbocycles. The van der Waals surface area contributed by atoms with E-state index >= 15 is 0 Å². The predicted octanol–water partition coefficient (Wildman–Crippen LogP) is 4.66. The van der Waals surface area contributed by atoms with Crippen molar-refractivity contribution in [2.75, 3.05) is 49.5 Å². The van der Waals surface area contributed by atoms with E-state index in [0.29, 0.717) is 29.7 Å². The van der Waals surface area contributed by atoms with Crippen molar-refractivity contribution in [2.24, 2.45) is 16.7 Å². The van der Waals surface area contributed by atoms with Gasteiger partial charge in [0, 0.05) is 32.5 Å². The van der Waals surface area contributed by atoms with Crippen molar-refractivity contribution in [1.82, 2.24) is 15.1 Å². The van der Waals surface area contributed by atoms with Crippen molar-refractivity contribution in [2.45, 2.75) is 65.2 Å². The van der Waals surface area contributed by atoms with Gasteiger partial charge in [-0.3, -0.25) is 0 Å². The Morgan fingerprint density at radius 3 is 2.33 bits per heavy atom. The highest BCUT2D eigenvalue weighted by atomic mass is 19.3. The average Bonchev–Trinajstić information content (AvgIpc) is 3.38. The Labute approximate surface area is 179 Å². The molecule has 5 nitrogen and oxygen atoms in total. The van der Waals surface area contributed by atoms with Crippen LogP contribution in [0.2, 0.25) is 0 Å². The first-order valence-corrected chi connectivity index (χ1v) is 11.6. The second-order valence-electron chi connectivity index (χ2n) is 10.9. The van der Waals surface area contributed by atoms with E-state index < -0.39 is 5.92 Å². The van der Waals surface area contributed by atoms with Crippen LogP contribution in [0.4, 0.5) is 20.4 Å². The lowest BCUT2D eigenvalue weighted by Crippen LogP contribution is -2.39. The minimum absolute atomic E-state index is 0.105. The van der Waals surface area contributed by atoms with E-state index in [-0.39, 0.29) is 12.8 Å². The number of alkyl halides is 2. The summed E-state index contributed by atoms with van der Waals surface area (Å²) in [5, 5.41) is 12.0. The Balaban J connectivity index is 1.19. The molecule has 0 bridgehead atoms. The summed E-state index contributed by atoms with van der Waals surface area (Å²) in [5.74, 6) is -0.325. The zero-order valence-electron chi connectivity index (χ0n) is 18.8. The number of nitrogens with one attached hydrogen (secondary N) is 1. The van der Waals surface area contributed by atoms with Crippen molar-refractivity contribution in [3.05, 3.63) is 12.1 Å². The Kier molecular flexibility index (Phi) is 5.94. The van der Waals surface area contributed by atoms with E-state index in [1.54, 1.807) is 0 Å². The average molecular weight is 422 g/mol. The van der Waals surface area contributed by atoms with Gasteiger partial charge in [-0.2, -0.15) is 0 Å². The van der Waals surface area contributed by atoms with Gasteiger partial charge >= 0.3 is 0 Å². The fraction of sp³-hybridized carbons (Fsp3) is 0.826. The molecule has 1 N–H and O–H groups in total. The van der Waals surface area contributed by atoms with E-state index in [4.69, 9.17) is 0 Å². The molecule has 0 aromatic carbocycles. The normalized spacial score (nSPS) is 26.0. The fourth-order valence-corrected chi connectivity index (χ4v) is 4.93. The van der Waals surface area contributed by atoms with Gasteiger partial charge in [0.05, 0.1) is 0 Å². The molecule has 1 aromatic heterocycles. The van der Waals surface area contributed by atoms with Gasteiger partial charge in [0.2, 0.25) is 0 Å². The van der Waals surface area contributed by atoms with Crippen LogP contribution in [0.5, 0.6) is 0 Å². The largest absolute Gasteiger partial charge is 0.368 e. The summed E-state index contributed by atoms with van der Waals surface area (Å²) in [5.41, 5.74) is 0.953. The Bertz CT molecular complexity index is 697. The molecule has 1 aromatic rings. The number of aromatic nitrogens is 2. The number of piperidine rings is 2. The predicted molar refractivity (Wildman–Crippen MR) is 117 cm³/mol. The van der Waals surface area contributed by atoms with Crippen molar-refractivity contribution < 1.29 is 8.78 Å². The third-order valence-electron chi connectivity index (χ3n) is 7.39. The maximum Gasteiger partial charge on any atom is 0.251 e. The molecule has 168 valence electrons. The highest BCUT2D eigenvalue weighted by molar-refractivity contribution is 5.44. The van der Waals surface area contributed by atoms with Gasteiger partial charge in [-0.15, -0.1) is 10.2 Å². The number of rotatable bonds is 6. The van der Waals surface area contributed by atoms with E-state index in [0.717, 1.165) is 18.3 Å². The lowest BCUT2D eigenvalue weighted by atomic mass is 9.88. The SMILES string of the molecule is CC(C)(C)CCN1CCC2(CC1)CC2CNc1ccc(N2CCC(F)(F)CC2)nn1. The van der Waals surface area contributed by atoms with Crippen molar-refractivity contribution in [1.29, 1.82) is 0 Å². The molecule has 4 rings (SSSR count). The van der Waals surface area contributed by atoms with E-state index in [1.165, 1.54) is 45.3 Å². The van der Waals surface area contributed by atoms with Crippen molar-refractivity contribution >= 4 is 11.6 Å². The summed E-state index contributed by atoms with van der Waals surface area (Å²) in [4.78, 5) is 4.54. The van der Waals surface area contributed by atoms with Gasteiger partial charge in [0.15, 0.2) is 5.82 Å². The number of anilines is 2. The standard InChI is InChI=1S/C23H37F2N5/c1-21(2,3)6-11-29-12-7-22(8-13-29)16-18(22)17-26-19-4-5-20(28-27-19)30-14-9-23(24,25)10-15-30/h4-5,18H,6-17H2,1-3H3,(H,26,27). The molecule has 2 aliphatic heterocycles. The molecule has 1 spiro atoms. The lowest BCUT2D eigenvalue weighted by molar-refractivity contribution is -0.0221. The highest BCUT2D eigenvalue weighted by Gasteiger charge is 2.54. The molecular formula is C23H37F2N5. The summed E-state index contributed by atoms with van der Waals surface area (Å²) >= 11 is 0. The molecule has 3 aliphatic rings. The quantitative estimate of drug-likeness (QED) is 0.724. The van der Waals surface area contributed by atoms with Gasteiger partial charge in [0.25, 0.3) is 5.92 Å². The van der Waals surface area contributed by atoms with Gasteiger partial charge in [0.1, 0.15) is 5.82 Å². The zero-order chi connectivity index (χ0) is 21.4. The molecular weight excluding hydrogens is 384 g/mol. The number of nitrogens with zero attached hydrogens (tertiary/aromatic N) is 4. The van der Waals surface area contributed by atoms with Crippen LogP contribution in [0.3, 0.4) is 0 Å². The Morgan fingerprint density at radius 1 is 1.03 bits per heavy atom. The minimum Gasteiger partial charge on any atom is -0.368 e. The highest BCUT2D eigenvalue weighted by Crippen LogP contribution is 2.59. The van der Waals surface area contributed by atoms with Gasteiger partial charge in [-0.25, -0.2) is 8.78 Å². The zero-order valence-corrected chi connectivity index (χ0v) is 18.8. The topological polar surface area (TPSA) is 44.3 Å². The van der Waals surface area contributed by atoms with Crippen LogP contribution in [-0.4, -0.2) is 60.3 Å². The smallest absolute Gasteiger partial charge is 0.251 e. The number of hydrogen-bond donors (Lipinski definition) is 1. The monoisotopic (exact) mass is 421 g/mol. The van der Waals surface area contributed by atoms with Gasteiger partial charge in [-0.1, -0.05) is 20.8 Å². The van der Waals surface area contributed by atoms with E-state index in [9.17, 15) is 8.78 Å². The summed E-state index contributed by atoms with van der Waals surface area (Å²) in [6.45, 7) is 12.3. The molecule has 1 saturated carbocycles. The summed E-state index contributed by atoms with van der Waals surface area (Å²) in [6.07, 6.45) is 5.00. The summed E-state index contributed by atoms with van der Waals surface area (Å²) in [7, 11) is 0. The molecule has 3 heterocycles. The number of likely N-dealkylation sites (tertiary alicyclic amines) is 1. The Hall–Kier alpha value is -1.50. The van der Waals surface area contributed by atoms with Crippen LogP contribution in [0.25, 0.3) is 0 Å². The molecule has 1 atom stereocenters. The number of halogens is 2. The van der Waals surface area contributed by atoms with Crippen LogP contribution >= 0.6 is 0 Å². The molecule has 0 amide bonds. The summed E-state index contributed by atoms with van der Waals surface area (Å²) < 4.78 is 26.6. The molecule has 2 saturated heterocycles. The van der Waals surface area contributed by atoms with Crippen LogP contribution in [0, 0.1) is 16.7 Å². The van der Waals surface area contributed by atoms with E-state index in [1.807, 2.05) is 17.0 Å². The molecule has 7 heteroatoms. The lowest BCUT2D eigenvalue weighted by Gasteiger charge is -2.34. The van der Waals surface area contributed by atoms with Crippen LogP contribution in [0.1, 0.15) is 59.3 Å². The van der Waals surface area contributed by atoms with Crippen LogP contribution < -0.4 is 10.2 Å². The molecule has 0 radical (unpaired) electrons. The first-order chi connectivity index (χ1) is 14.1. The van der Waals surface area contributed by atoms with Crippen LogP contribution in [0.15, 0.2) is 12.1 Å². The van der Waals surface area contributed by atoms with E-state index in [2.05, 4.69) is 41.2 Å². The second-order valence-corrected chi connectivity index (χ2v) is 10.9. The fourth-order valence-electron chi connectivity index (χ4n) is 4.93. The third kappa shape index (κ3) is 5.40. The first-order valence-electron chi connectivity index (χ1n) is 11.6. The molecule has 3 fully saturated rings. The van der Waals surface area contributed by atoms with Crippen molar-refractivity contribution in [3.8, 4) is 0 Å². The maximum absolute atomic E-state index is 13.3. The summed E-state index contributed by atoms with van der Waals surface area (Å²) in [6, 6.07) is 3.83. The molecule has 1 unspecified atom stereocenters. The van der Waals surface area contributed by atoms with Crippen molar-refractivity contribution in [3.63, 3.8) is 0 Å². The number of hydrogen-bond acceptors (Lipinski definition) is 5. The first kappa shape index (κ1) is 21.7. The van der Waals surface area contributed by atoms with Crippen LogP contribution in [-0.2, 0) is 0 Å².